The van der Waals surface area contributed by atoms with Gasteiger partial charge in [-0.3, -0.25) is 0 Å². The second kappa shape index (κ2) is 3.25. The summed E-state index contributed by atoms with van der Waals surface area (Å²) < 4.78 is 0. The van der Waals surface area contributed by atoms with Crippen LogP contribution in [-0.4, -0.2) is 37.6 Å². The van der Waals surface area contributed by atoms with Crippen molar-refractivity contribution in [2.24, 2.45) is 17.8 Å². The first-order valence-corrected chi connectivity index (χ1v) is 5.85. The molecule has 1 heterocycles. The largest absolute Gasteiger partial charge is 0.314 e. The molecular weight excluding hydrogens is 160 g/mol. The Kier molecular flexibility index (Phi) is 2.06. The van der Waals surface area contributed by atoms with Gasteiger partial charge in [-0.1, -0.05) is 0 Å². The Morgan fingerprint density at radius 3 is 2.38 bits per heavy atom. The molecule has 0 amide bonds. The van der Waals surface area contributed by atoms with Crippen LogP contribution >= 0.6 is 0 Å². The van der Waals surface area contributed by atoms with Crippen molar-refractivity contribution >= 4 is 0 Å². The van der Waals surface area contributed by atoms with Crippen molar-refractivity contribution in [2.45, 2.75) is 19.3 Å². The van der Waals surface area contributed by atoms with E-state index < -0.39 is 0 Å². The van der Waals surface area contributed by atoms with Crippen molar-refractivity contribution in [1.82, 2.24) is 10.2 Å². The van der Waals surface area contributed by atoms with E-state index in [9.17, 15) is 0 Å². The Bertz CT molecular complexity index is 177. The van der Waals surface area contributed by atoms with E-state index in [1.807, 2.05) is 0 Å². The predicted molar refractivity (Wildman–Crippen MR) is 53.6 cm³/mol. The van der Waals surface area contributed by atoms with Gasteiger partial charge in [-0.05, 0) is 37.0 Å². The van der Waals surface area contributed by atoms with Gasteiger partial charge in [0, 0.05) is 32.7 Å². The van der Waals surface area contributed by atoms with Gasteiger partial charge in [0.2, 0.25) is 0 Å². The maximum Gasteiger partial charge on any atom is 0.0107 e. The van der Waals surface area contributed by atoms with E-state index in [4.69, 9.17) is 0 Å². The summed E-state index contributed by atoms with van der Waals surface area (Å²) in [6.07, 6.45) is 4.67. The molecule has 1 aliphatic heterocycles. The standard InChI is InChI=1S/C11H20N2/c1-3-13(4-2-12-1)8-9-5-10-7-11(10)6-9/h9-12H,1-8H2. The second-order valence-corrected chi connectivity index (χ2v) is 5.14. The molecule has 1 N–H and O–H groups in total. The highest BCUT2D eigenvalue weighted by Crippen LogP contribution is 2.54. The van der Waals surface area contributed by atoms with E-state index in [1.165, 1.54) is 32.7 Å². The molecule has 0 spiro atoms. The zero-order valence-corrected chi connectivity index (χ0v) is 8.34. The minimum atomic E-state index is 1.06. The van der Waals surface area contributed by atoms with Gasteiger partial charge in [0.05, 0.1) is 0 Å². The van der Waals surface area contributed by atoms with Gasteiger partial charge >= 0.3 is 0 Å². The van der Waals surface area contributed by atoms with Gasteiger partial charge in [-0.25, -0.2) is 0 Å². The lowest BCUT2D eigenvalue weighted by Crippen LogP contribution is -2.45. The number of nitrogens with zero attached hydrogens (tertiary/aromatic N) is 1. The predicted octanol–water partition coefficient (Wildman–Crippen LogP) is 0.938. The number of fused-ring (bicyclic) bond motifs is 1. The average Bonchev–Trinajstić information content (AvgIpc) is 2.76. The molecular formula is C11H20N2. The van der Waals surface area contributed by atoms with Crippen LogP contribution in [0.1, 0.15) is 19.3 Å². The van der Waals surface area contributed by atoms with Crippen molar-refractivity contribution in [3.63, 3.8) is 0 Å². The van der Waals surface area contributed by atoms with Crippen molar-refractivity contribution in [2.75, 3.05) is 32.7 Å². The monoisotopic (exact) mass is 180 g/mol. The highest BCUT2D eigenvalue weighted by Gasteiger charge is 2.45. The Hall–Kier alpha value is -0.0800. The summed E-state index contributed by atoms with van der Waals surface area (Å²) in [5, 5.41) is 3.42. The van der Waals surface area contributed by atoms with Crippen LogP contribution in [0.3, 0.4) is 0 Å². The van der Waals surface area contributed by atoms with Gasteiger partial charge < -0.3 is 10.2 Å². The summed E-state index contributed by atoms with van der Waals surface area (Å²) in [6.45, 7) is 6.38. The number of piperazine rings is 1. The molecule has 2 saturated carbocycles. The Morgan fingerprint density at radius 1 is 1.00 bits per heavy atom. The SMILES string of the molecule is C1CN(CC2CC3CC3C2)CCN1. The summed E-state index contributed by atoms with van der Waals surface area (Å²) in [7, 11) is 0. The fourth-order valence-electron chi connectivity index (χ4n) is 3.25. The van der Waals surface area contributed by atoms with Crippen molar-refractivity contribution in [3.8, 4) is 0 Å². The minimum Gasteiger partial charge on any atom is -0.314 e. The number of hydrogen-bond acceptors (Lipinski definition) is 2. The Morgan fingerprint density at radius 2 is 1.69 bits per heavy atom. The lowest BCUT2D eigenvalue weighted by molar-refractivity contribution is 0.201. The molecule has 0 aromatic rings. The maximum atomic E-state index is 3.42. The molecule has 3 aliphatic rings. The smallest absolute Gasteiger partial charge is 0.0107 e. The van der Waals surface area contributed by atoms with Crippen LogP contribution in [0.15, 0.2) is 0 Å². The molecule has 74 valence electrons. The van der Waals surface area contributed by atoms with Gasteiger partial charge in [0.15, 0.2) is 0 Å². The summed E-state index contributed by atoms with van der Waals surface area (Å²) in [4.78, 5) is 2.66. The van der Waals surface area contributed by atoms with E-state index in [0.29, 0.717) is 0 Å². The third-order valence-electron chi connectivity index (χ3n) is 4.07. The molecule has 2 aliphatic carbocycles. The number of hydrogen-bond donors (Lipinski definition) is 1. The zero-order valence-electron chi connectivity index (χ0n) is 8.34. The third kappa shape index (κ3) is 1.75. The van der Waals surface area contributed by atoms with Gasteiger partial charge in [0.25, 0.3) is 0 Å². The molecule has 2 nitrogen and oxygen atoms in total. The summed E-state index contributed by atoms with van der Waals surface area (Å²) >= 11 is 0. The third-order valence-corrected chi connectivity index (χ3v) is 4.07. The normalized spacial score (nSPS) is 44.8. The molecule has 0 aromatic heterocycles. The lowest BCUT2D eigenvalue weighted by Gasteiger charge is -2.29. The first-order chi connectivity index (χ1) is 6.42. The topological polar surface area (TPSA) is 15.3 Å². The maximum absolute atomic E-state index is 3.42. The Labute approximate surface area is 80.7 Å². The molecule has 2 heteroatoms. The molecule has 2 atom stereocenters. The van der Waals surface area contributed by atoms with E-state index in [-0.39, 0.29) is 0 Å². The van der Waals surface area contributed by atoms with E-state index in [0.717, 1.165) is 17.8 Å². The van der Waals surface area contributed by atoms with Crippen LogP contribution in [0.4, 0.5) is 0 Å². The first kappa shape index (κ1) is 8.25. The molecule has 3 rings (SSSR count). The van der Waals surface area contributed by atoms with Crippen molar-refractivity contribution in [3.05, 3.63) is 0 Å². The Balaban J connectivity index is 1.46. The van der Waals surface area contributed by atoms with Crippen LogP contribution in [-0.2, 0) is 0 Å². The fourth-order valence-corrected chi connectivity index (χ4v) is 3.25. The number of nitrogens with one attached hydrogen (secondary N) is 1. The summed E-state index contributed by atoms with van der Waals surface area (Å²) in [5.74, 6) is 3.38. The molecule has 13 heavy (non-hydrogen) atoms. The van der Waals surface area contributed by atoms with E-state index in [2.05, 4.69) is 10.2 Å². The fraction of sp³-hybridized carbons (Fsp3) is 1.00. The molecule has 1 saturated heterocycles. The zero-order chi connectivity index (χ0) is 8.67. The number of rotatable bonds is 2. The molecule has 3 fully saturated rings. The summed E-state index contributed by atoms with van der Waals surface area (Å²) in [6, 6.07) is 0. The average molecular weight is 180 g/mol. The molecule has 2 unspecified atom stereocenters. The highest BCUT2D eigenvalue weighted by atomic mass is 15.2. The van der Waals surface area contributed by atoms with Crippen LogP contribution in [0.2, 0.25) is 0 Å². The minimum absolute atomic E-state index is 1.06. The van der Waals surface area contributed by atoms with Crippen LogP contribution in [0.5, 0.6) is 0 Å². The molecule has 0 radical (unpaired) electrons. The van der Waals surface area contributed by atoms with E-state index >= 15 is 0 Å². The van der Waals surface area contributed by atoms with Crippen molar-refractivity contribution in [1.29, 1.82) is 0 Å². The first-order valence-electron chi connectivity index (χ1n) is 5.85. The van der Waals surface area contributed by atoms with Gasteiger partial charge in [0.1, 0.15) is 0 Å². The van der Waals surface area contributed by atoms with Crippen LogP contribution < -0.4 is 5.32 Å². The van der Waals surface area contributed by atoms with Gasteiger partial charge in [-0.2, -0.15) is 0 Å². The summed E-state index contributed by atoms with van der Waals surface area (Å²) in [5.41, 5.74) is 0. The van der Waals surface area contributed by atoms with E-state index in [1.54, 1.807) is 19.3 Å². The lowest BCUT2D eigenvalue weighted by atomic mass is 10.0. The van der Waals surface area contributed by atoms with Gasteiger partial charge in [-0.15, -0.1) is 0 Å². The van der Waals surface area contributed by atoms with Crippen LogP contribution in [0, 0.1) is 17.8 Å². The second-order valence-electron chi connectivity index (χ2n) is 5.14. The molecule has 0 bridgehead atoms. The quantitative estimate of drug-likeness (QED) is 0.680. The highest BCUT2D eigenvalue weighted by molar-refractivity contribution is 4.96. The van der Waals surface area contributed by atoms with Crippen molar-refractivity contribution < 1.29 is 0 Å². The molecule has 0 aromatic carbocycles. The van der Waals surface area contributed by atoms with Crippen LogP contribution in [0.25, 0.3) is 0 Å².